The number of hydrogen-bond donors (Lipinski definition) is 1. The number of hydrogen-bond acceptors (Lipinski definition) is 4. The lowest BCUT2D eigenvalue weighted by Gasteiger charge is -2.26. The molecule has 172 valence electrons. The Morgan fingerprint density at radius 3 is 2.55 bits per heavy atom. The van der Waals surface area contributed by atoms with Crippen molar-refractivity contribution in [3.05, 3.63) is 82.8 Å². The summed E-state index contributed by atoms with van der Waals surface area (Å²) in [5.41, 5.74) is 5.54. The lowest BCUT2D eigenvalue weighted by atomic mass is 10.0. The lowest BCUT2D eigenvalue weighted by molar-refractivity contribution is 0.215. The molecule has 6 heteroatoms. The quantitative estimate of drug-likeness (QED) is 0.603. The second kappa shape index (κ2) is 10.5. The minimum absolute atomic E-state index is 0.0416. The second-order valence-electron chi connectivity index (χ2n) is 8.66. The van der Waals surface area contributed by atoms with Crippen LogP contribution in [0.3, 0.4) is 0 Å². The van der Waals surface area contributed by atoms with Gasteiger partial charge in [0.25, 0.3) is 0 Å². The fourth-order valence-electron chi connectivity index (χ4n) is 4.43. The number of nitrogens with zero attached hydrogens (tertiary/aromatic N) is 4. The summed E-state index contributed by atoms with van der Waals surface area (Å²) in [5, 5.41) is 3.05. The average Bonchev–Trinajstić information content (AvgIpc) is 3.07. The van der Waals surface area contributed by atoms with Gasteiger partial charge in [0.1, 0.15) is 11.6 Å². The van der Waals surface area contributed by atoms with Gasteiger partial charge in [-0.15, -0.1) is 0 Å². The Bertz CT molecular complexity index is 1100. The molecule has 1 fully saturated rings. The summed E-state index contributed by atoms with van der Waals surface area (Å²) in [6, 6.07) is 18.4. The Kier molecular flexibility index (Phi) is 7.23. The van der Waals surface area contributed by atoms with E-state index >= 15 is 0 Å². The number of carbonyl (C=O) groups is 1. The van der Waals surface area contributed by atoms with Crippen LogP contribution in [-0.4, -0.2) is 47.1 Å². The normalized spacial score (nSPS) is 14.2. The van der Waals surface area contributed by atoms with Gasteiger partial charge in [-0.2, -0.15) is 0 Å². The standard InChI is InChI=1S/C27H33N5O/c1-4-25-24(19-22-11-6-5-7-12-22)26(29-21(3)28-25)31-14-9-15-32(17-16-31)27(33)30-23-13-8-10-20(2)18-23/h5-8,10-13,18H,4,9,14-17,19H2,1-3H3,(H,30,33). The van der Waals surface area contributed by atoms with E-state index in [1.165, 1.54) is 11.1 Å². The van der Waals surface area contributed by atoms with Gasteiger partial charge in [0.2, 0.25) is 0 Å². The van der Waals surface area contributed by atoms with E-state index < -0.39 is 0 Å². The van der Waals surface area contributed by atoms with E-state index in [4.69, 9.17) is 9.97 Å². The van der Waals surface area contributed by atoms with Crippen LogP contribution in [0.15, 0.2) is 54.6 Å². The third-order valence-corrected chi connectivity index (χ3v) is 6.09. The highest BCUT2D eigenvalue weighted by Crippen LogP contribution is 2.26. The van der Waals surface area contributed by atoms with Crippen LogP contribution in [-0.2, 0) is 12.8 Å². The van der Waals surface area contributed by atoms with E-state index in [1.54, 1.807) is 0 Å². The zero-order valence-electron chi connectivity index (χ0n) is 19.8. The van der Waals surface area contributed by atoms with E-state index in [0.717, 1.165) is 67.5 Å². The number of benzene rings is 2. The van der Waals surface area contributed by atoms with Crippen LogP contribution in [0.5, 0.6) is 0 Å². The average molecular weight is 444 g/mol. The lowest BCUT2D eigenvalue weighted by Crippen LogP contribution is -2.38. The monoisotopic (exact) mass is 443 g/mol. The zero-order valence-corrected chi connectivity index (χ0v) is 19.8. The molecular weight excluding hydrogens is 410 g/mol. The first-order valence-electron chi connectivity index (χ1n) is 11.8. The number of aryl methyl sites for hydroxylation is 3. The van der Waals surface area contributed by atoms with Crippen LogP contribution in [0, 0.1) is 13.8 Å². The minimum atomic E-state index is -0.0416. The highest BCUT2D eigenvalue weighted by molar-refractivity contribution is 5.89. The van der Waals surface area contributed by atoms with E-state index in [2.05, 4.69) is 41.4 Å². The van der Waals surface area contributed by atoms with Crippen LogP contribution in [0.2, 0.25) is 0 Å². The van der Waals surface area contributed by atoms with Gasteiger partial charge in [-0.3, -0.25) is 0 Å². The first-order valence-corrected chi connectivity index (χ1v) is 11.8. The van der Waals surface area contributed by atoms with Crippen LogP contribution >= 0.6 is 0 Å². The zero-order chi connectivity index (χ0) is 23.2. The number of anilines is 2. The van der Waals surface area contributed by atoms with Gasteiger partial charge in [0, 0.05) is 49.5 Å². The molecule has 3 aromatic rings. The molecule has 1 aliphatic heterocycles. The molecule has 0 unspecified atom stereocenters. The molecule has 0 aliphatic carbocycles. The molecule has 0 radical (unpaired) electrons. The van der Waals surface area contributed by atoms with Gasteiger partial charge in [-0.05, 0) is 49.9 Å². The van der Waals surface area contributed by atoms with Crippen molar-refractivity contribution >= 4 is 17.5 Å². The SMILES string of the molecule is CCc1nc(C)nc(N2CCCN(C(=O)Nc3cccc(C)c3)CC2)c1Cc1ccccc1. The topological polar surface area (TPSA) is 61.4 Å². The van der Waals surface area contributed by atoms with Crippen molar-refractivity contribution in [2.45, 2.75) is 40.0 Å². The number of amides is 2. The summed E-state index contributed by atoms with van der Waals surface area (Å²) in [6.07, 6.45) is 2.58. The van der Waals surface area contributed by atoms with Crippen molar-refractivity contribution in [2.75, 3.05) is 36.4 Å². The number of nitrogens with one attached hydrogen (secondary N) is 1. The van der Waals surface area contributed by atoms with Gasteiger partial charge in [-0.25, -0.2) is 14.8 Å². The maximum absolute atomic E-state index is 12.9. The minimum Gasteiger partial charge on any atom is -0.354 e. The summed E-state index contributed by atoms with van der Waals surface area (Å²) in [4.78, 5) is 26.8. The Balaban J connectivity index is 1.52. The van der Waals surface area contributed by atoms with Gasteiger partial charge >= 0.3 is 6.03 Å². The molecule has 2 aromatic carbocycles. The molecule has 0 spiro atoms. The molecule has 0 atom stereocenters. The van der Waals surface area contributed by atoms with E-state index in [9.17, 15) is 4.79 Å². The smallest absolute Gasteiger partial charge is 0.321 e. The van der Waals surface area contributed by atoms with Crippen molar-refractivity contribution < 1.29 is 4.79 Å². The molecule has 2 amide bonds. The summed E-state index contributed by atoms with van der Waals surface area (Å²) in [6.45, 7) is 9.16. The predicted molar refractivity (Wildman–Crippen MR) is 134 cm³/mol. The Morgan fingerprint density at radius 2 is 1.79 bits per heavy atom. The highest BCUT2D eigenvalue weighted by Gasteiger charge is 2.23. The van der Waals surface area contributed by atoms with Crippen molar-refractivity contribution in [2.24, 2.45) is 0 Å². The third kappa shape index (κ3) is 5.69. The molecule has 2 heterocycles. The van der Waals surface area contributed by atoms with Gasteiger partial charge in [0.05, 0.1) is 0 Å². The summed E-state index contributed by atoms with van der Waals surface area (Å²) in [7, 11) is 0. The van der Waals surface area contributed by atoms with Gasteiger partial charge in [0.15, 0.2) is 0 Å². The molecule has 0 bridgehead atoms. The Hall–Kier alpha value is -3.41. The largest absolute Gasteiger partial charge is 0.354 e. The van der Waals surface area contributed by atoms with Crippen molar-refractivity contribution in [1.82, 2.24) is 14.9 Å². The summed E-state index contributed by atoms with van der Waals surface area (Å²) in [5.74, 6) is 1.82. The number of carbonyl (C=O) groups excluding carboxylic acids is 1. The molecule has 0 saturated carbocycles. The maximum atomic E-state index is 12.9. The first kappa shape index (κ1) is 22.8. The van der Waals surface area contributed by atoms with Crippen LogP contribution in [0.4, 0.5) is 16.3 Å². The van der Waals surface area contributed by atoms with Gasteiger partial charge in [-0.1, -0.05) is 49.4 Å². The Labute approximate surface area is 196 Å². The molecule has 1 N–H and O–H groups in total. The van der Waals surface area contributed by atoms with E-state index in [1.807, 2.05) is 49.1 Å². The van der Waals surface area contributed by atoms with Crippen molar-refractivity contribution in [1.29, 1.82) is 0 Å². The van der Waals surface area contributed by atoms with Crippen LogP contribution in [0.1, 0.15) is 41.6 Å². The molecule has 1 aromatic heterocycles. The highest BCUT2D eigenvalue weighted by atomic mass is 16.2. The molecule has 33 heavy (non-hydrogen) atoms. The molecule has 4 rings (SSSR count). The molecule has 1 aliphatic rings. The second-order valence-corrected chi connectivity index (χ2v) is 8.66. The predicted octanol–water partition coefficient (Wildman–Crippen LogP) is 4.99. The Morgan fingerprint density at radius 1 is 0.970 bits per heavy atom. The van der Waals surface area contributed by atoms with Crippen molar-refractivity contribution in [3.8, 4) is 0 Å². The fourth-order valence-corrected chi connectivity index (χ4v) is 4.43. The van der Waals surface area contributed by atoms with Gasteiger partial charge < -0.3 is 15.1 Å². The number of rotatable bonds is 5. The number of urea groups is 1. The number of aromatic nitrogens is 2. The maximum Gasteiger partial charge on any atom is 0.321 e. The molecular formula is C27H33N5O. The molecule has 6 nitrogen and oxygen atoms in total. The summed E-state index contributed by atoms with van der Waals surface area (Å²) < 4.78 is 0. The molecule has 1 saturated heterocycles. The van der Waals surface area contributed by atoms with E-state index in [0.29, 0.717) is 6.54 Å². The summed E-state index contributed by atoms with van der Waals surface area (Å²) >= 11 is 0. The third-order valence-electron chi connectivity index (χ3n) is 6.09. The van der Waals surface area contributed by atoms with Crippen LogP contribution < -0.4 is 10.2 Å². The van der Waals surface area contributed by atoms with Crippen LogP contribution in [0.25, 0.3) is 0 Å². The van der Waals surface area contributed by atoms with E-state index in [-0.39, 0.29) is 6.03 Å². The first-order chi connectivity index (χ1) is 16.0. The fraction of sp³-hybridized carbons (Fsp3) is 0.370. The van der Waals surface area contributed by atoms with Crippen molar-refractivity contribution in [3.63, 3.8) is 0 Å².